The lowest BCUT2D eigenvalue weighted by atomic mass is 10.00. The first-order valence-electron chi connectivity index (χ1n) is 14.4. The molecule has 1 unspecified atom stereocenters. The van der Waals surface area contributed by atoms with E-state index in [0.717, 1.165) is 73.1 Å². The first-order chi connectivity index (χ1) is 19.8. The van der Waals surface area contributed by atoms with Gasteiger partial charge in [0.05, 0.1) is 17.6 Å². The topological polar surface area (TPSA) is 93.1 Å². The van der Waals surface area contributed by atoms with Gasteiger partial charge < -0.3 is 9.88 Å². The number of benzene rings is 3. The van der Waals surface area contributed by atoms with Gasteiger partial charge >= 0.3 is 0 Å². The molecule has 0 aliphatic heterocycles. The number of hydrogen-bond acceptors (Lipinski definition) is 5. The summed E-state index contributed by atoms with van der Waals surface area (Å²) in [6.45, 7) is 5.89. The normalized spacial score (nSPS) is 12.3. The van der Waals surface area contributed by atoms with Gasteiger partial charge in [-0.25, -0.2) is 18.1 Å². The zero-order valence-electron chi connectivity index (χ0n) is 24.1. The maximum absolute atomic E-state index is 12.2. The second-order valence-corrected chi connectivity index (χ2v) is 12.1. The van der Waals surface area contributed by atoms with Crippen LogP contribution in [0.2, 0.25) is 0 Å². The fraction of sp³-hybridized carbons (Fsp3) is 0.333. The van der Waals surface area contributed by atoms with Gasteiger partial charge in [-0.3, -0.25) is 4.79 Å². The van der Waals surface area contributed by atoms with Crippen molar-refractivity contribution in [1.29, 1.82) is 0 Å². The minimum Gasteiger partial charge on any atom is -0.326 e. The van der Waals surface area contributed by atoms with Crippen LogP contribution in [0.5, 0.6) is 0 Å². The van der Waals surface area contributed by atoms with Crippen LogP contribution in [0.1, 0.15) is 73.6 Å². The molecule has 8 heteroatoms. The van der Waals surface area contributed by atoms with Gasteiger partial charge in [0.25, 0.3) is 5.91 Å². The first kappa shape index (κ1) is 30.2. The van der Waals surface area contributed by atoms with Crippen LogP contribution in [0, 0.1) is 0 Å². The molecule has 1 heterocycles. The Balaban J connectivity index is 1.71. The van der Waals surface area contributed by atoms with Gasteiger partial charge in [-0.1, -0.05) is 106 Å². The van der Waals surface area contributed by atoms with Gasteiger partial charge in [0, 0.05) is 35.8 Å². The van der Waals surface area contributed by atoms with Crippen LogP contribution in [0.25, 0.3) is 22.6 Å². The molecule has 41 heavy (non-hydrogen) atoms. The molecule has 0 fully saturated rings. The minimum atomic E-state index is -3.62. The van der Waals surface area contributed by atoms with Crippen LogP contribution >= 0.6 is 0 Å². The molecular formula is C33H40N4O3S. The number of unbranched alkanes of at least 4 members (excludes halogenated alkanes) is 2. The molecule has 4 rings (SSSR count). The second-order valence-electron chi connectivity index (χ2n) is 10.4. The summed E-state index contributed by atoms with van der Waals surface area (Å²) in [4.78, 5) is 17.5. The Bertz CT molecular complexity index is 1520. The number of nitrogens with one attached hydrogen (secondary N) is 2. The Hall–Kier alpha value is -3.75. The predicted molar refractivity (Wildman–Crippen MR) is 166 cm³/mol. The first-order valence-corrected chi connectivity index (χ1v) is 16.3. The van der Waals surface area contributed by atoms with Gasteiger partial charge in [0.15, 0.2) is 0 Å². The van der Waals surface area contributed by atoms with Crippen molar-refractivity contribution in [1.82, 2.24) is 19.6 Å². The molecule has 0 saturated carbocycles. The van der Waals surface area contributed by atoms with E-state index in [-0.39, 0.29) is 6.04 Å². The van der Waals surface area contributed by atoms with Crippen molar-refractivity contribution < 1.29 is 13.2 Å². The molecule has 0 spiro atoms. The van der Waals surface area contributed by atoms with Crippen LogP contribution < -0.4 is 10.0 Å². The van der Waals surface area contributed by atoms with Gasteiger partial charge in [-0.15, -0.1) is 0 Å². The molecular weight excluding hydrogens is 532 g/mol. The zero-order valence-corrected chi connectivity index (χ0v) is 25.0. The smallest absolute Gasteiger partial charge is 0.264 e. The third kappa shape index (κ3) is 8.15. The summed E-state index contributed by atoms with van der Waals surface area (Å²) in [7, 11) is -3.62. The number of amides is 1. The molecule has 0 aliphatic carbocycles. The summed E-state index contributed by atoms with van der Waals surface area (Å²) in [6, 6.07) is 27.9. The Morgan fingerprint density at radius 2 is 1.46 bits per heavy atom. The number of aromatic nitrogens is 2. The van der Waals surface area contributed by atoms with Gasteiger partial charge in [-0.2, -0.15) is 0 Å². The van der Waals surface area contributed by atoms with E-state index in [1.165, 1.54) is 5.69 Å². The lowest BCUT2D eigenvalue weighted by molar-refractivity contribution is 0.0981. The monoisotopic (exact) mass is 572 g/mol. The minimum absolute atomic E-state index is 0.0557. The molecule has 1 amide bonds. The van der Waals surface area contributed by atoms with Gasteiger partial charge in [0.1, 0.15) is 5.82 Å². The standard InChI is InChI=1S/C33H40N4O3S/c1-4-6-18-29(34-24-25-19-21-28(22-20-25)33(38)36-41(3,39)40)31-30(26-14-10-8-11-15-26)35-32(37(31)23-7-5-2)27-16-12-9-13-17-27/h8-17,19-22,29,34H,4-7,18,23-24H2,1-3H3,(H,36,38). The molecule has 216 valence electrons. The van der Waals surface area contributed by atoms with Crippen molar-refractivity contribution in [3.63, 3.8) is 0 Å². The number of hydrogen-bond donors (Lipinski definition) is 2. The molecule has 1 aromatic heterocycles. The fourth-order valence-electron chi connectivity index (χ4n) is 4.96. The van der Waals surface area contributed by atoms with Crippen molar-refractivity contribution in [3.05, 3.63) is 102 Å². The number of rotatable bonds is 14. The maximum Gasteiger partial charge on any atom is 0.264 e. The van der Waals surface area contributed by atoms with Crippen molar-refractivity contribution in [3.8, 4) is 22.6 Å². The largest absolute Gasteiger partial charge is 0.326 e. The van der Waals surface area contributed by atoms with Crippen molar-refractivity contribution in [2.75, 3.05) is 6.26 Å². The van der Waals surface area contributed by atoms with E-state index in [4.69, 9.17) is 4.98 Å². The Morgan fingerprint density at radius 3 is 2.05 bits per heavy atom. The SMILES string of the molecule is CCCCC(NCc1ccc(C(=O)NS(C)(=O)=O)cc1)c1c(-c2ccccc2)nc(-c2ccccc2)n1CCCC. The third-order valence-corrected chi connectivity index (χ3v) is 7.60. The molecule has 3 aromatic carbocycles. The summed E-state index contributed by atoms with van der Waals surface area (Å²) in [5, 5.41) is 3.81. The second kappa shape index (κ2) is 14.2. The fourth-order valence-corrected chi connectivity index (χ4v) is 5.42. The molecule has 0 radical (unpaired) electrons. The molecule has 1 atom stereocenters. The van der Waals surface area contributed by atoms with Gasteiger partial charge in [-0.05, 0) is 30.5 Å². The number of imidazole rings is 1. The van der Waals surface area contributed by atoms with E-state index in [2.05, 4.69) is 72.3 Å². The summed E-state index contributed by atoms with van der Waals surface area (Å²) < 4.78 is 27.3. The van der Waals surface area contributed by atoms with E-state index in [1.807, 2.05) is 29.0 Å². The molecule has 7 nitrogen and oxygen atoms in total. The van der Waals surface area contributed by atoms with E-state index in [1.54, 1.807) is 12.1 Å². The van der Waals surface area contributed by atoms with Crippen LogP contribution in [0.4, 0.5) is 0 Å². The van der Waals surface area contributed by atoms with E-state index in [0.29, 0.717) is 12.1 Å². The highest BCUT2D eigenvalue weighted by Gasteiger charge is 2.26. The lowest BCUT2D eigenvalue weighted by Crippen LogP contribution is -2.29. The van der Waals surface area contributed by atoms with E-state index in [9.17, 15) is 13.2 Å². The highest BCUT2D eigenvalue weighted by Crippen LogP contribution is 2.35. The number of nitrogens with zero attached hydrogens (tertiary/aromatic N) is 2. The van der Waals surface area contributed by atoms with E-state index >= 15 is 0 Å². The Kier molecular flexibility index (Phi) is 10.5. The van der Waals surface area contributed by atoms with Crippen molar-refractivity contribution >= 4 is 15.9 Å². The summed E-state index contributed by atoms with van der Waals surface area (Å²) >= 11 is 0. The predicted octanol–water partition coefficient (Wildman–Crippen LogP) is 6.73. The Morgan fingerprint density at radius 1 is 0.854 bits per heavy atom. The maximum atomic E-state index is 12.2. The average Bonchev–Trinajstić information content (AvgIpc) is 3.35. The molecule has 0 aliphatic rings. The quantitative estimate of drug-likeness (QED) is 0.175. The highest BCUT2D eigenvalue weighted by molar-refractivity contribution is 7.89. The molecule has 2 N–H and O–H groups in total. The molecule has 4 aromatic rings. The van der Waals surface area contributed by atoms with Crippen molar-refractivity contribution in [2.24, 2.45) is 0 Å². The van der Waals surface area contributed by atoms with Crippen LogP contribution in [-0.2, 0) is 23.1 Å². The van der Waals surface area contributed by atoms with Gasteiger partial charge in [0.2, 0.25) is 10.0 Å². The summed E-state index contributed by atoms with van der Waals surface area (Å²) in [6.07, 6.45) is 6.20. The number of carbonyl (C=O) groups is 1. The third-order valence-electron chi connectivity index (χ3n) is 7.04. The highest BCUT2D eigenvalue weighted by atomic mass is 32.2. The number of carbonyl (C=O) groups excluding carboxylic acids is 1. The number of sulfonamides is 1. The summed E-state index contributed by atoms with van der Waals surface area (Å²) in [5.74, 6) is 0.353. The average molecular weight is 573 g/mol. The summed E-state index contributed by atoms with van der Waals surface area (Å²) in [5.41, 5.74) is 5.71. The van der Waals surface area contributed by atoms with Crippen LogP contribution in [0.15, 0.2) is 84.9 Å². The Labute approximate surface area is 244 Å². The van der Waals surface area contributed by atoms with E-state index < -0.39 is 15.9 Å². The van der Waals surface area contributed by atoms with Crippen molar-refractivity contribution in [2.45, 2.75) is 65.1 Å². The van der Waals surface area contributed by atoms with Crippen LogP contribution in [0.3, 0.4) is 0 Å². The lowest BCUT2D eigenvalue weighted by Gasteiger charge is -2.23. The molecule has 0 saturated heterocycles. The zero-order chi connectivity index (χ0) is 29.2. The molecule has 0 bridgehead atoms. The van der Waals surface area contributed by atoms with Crippen LogP contribution in [-0.4, -0.2) is 30.1 Å².